The molecule has 0 nitrogen and oxygen atoms in total. The highest BCUT2D eigenvalue weighted by atomic mass is 29.3. The van der Waals surface area contributed by atoms with Crippen molar-refractivity contribution in [3.63, 3.8) is 0 Å². The maximum atomic E-state index is 2.69. The molecule has 0 fully saturated rings. The zero-order valence-corrected chi connectivity index (χ0v) is 24.0. The maximum Gasteiger partial charge on any atom is 0.0756 e. The molecular weight excluding hydrogens is 417 g/mol. The highest BCUT2D eigenvalue weighted by molar-refractivity contribution is 7.46. The first-order valence-corrected chi connectivity index (χ1v) is 19.4. The predicted octanol–water partition coefficient (Wildman–Crippen LogP) is 8.05. The molecule has 0 aliphatic heterocycles. The third kappa shape index (κ3) is 3.64. The second kappa shape index (κ2) is 7.43. The summed E-state index contributed by atoms with van der Waals surface area (Å²) in [6.07, 6.45) is 10.6. The summed E-state index contributed by atoms with van der Waals surface area (Å²) in [5.74, 6) is 0. The molecule has 0 N–H and O–H groups in total. The molecule has 0 unspecified atom stereocenters. The van der Waals surface area contributed by atoms with Gasteiger partial charge in [-0.05, 0) is 56.2 Å². The van der Waals surface area contributed by atoms with E-state index in [1.165, 1.54) is 22.3 Å². The van der Waals surface area contributed by atoms with Crippen LogP contribution in [0.15, 0.2) is 54.6 Å². The minimum Gasteiger partial charge on any atom is -0.0806 e. The SMILES string of the molecule is CC(C)(C)c1ccc2c(c1)Cc1c-2ccc(C(C)(C)C)c1[Si](C)(C)[Si](C)(C)C1C=CC=C1. The van der Waals surface area contributed by atoms with E-state index < -0.39 is 15.2 Å². The van der Waals surface area contributed by atoms with Crippen LogP contribution in [-0.4, -0.2) is 15.2 Å². The number of benzene rings is 2. The summed E-state index contributed by atoms with van der Waals surface area (Å²) in [7, 11) is -3.31. The van der Waals surface area contributed by atoms with Gasteiger partial charge in [-0.2, -0.15) is 0 Å². The van der Waals surface area contributed by atoms with Crippen molar-refractivity contribution in [3.05, 3.63) is 76.9 Å². The largest absolute Gasteiger partial charge is 0.0806 e. The van der Waals surface area contributed by atoms with E-state index in [0.29, 0.717) is 5.54 Å². The number of hydrogen-bond donors (Lipinski definition) is 0. The van der Waals surface area contributed by atoms with Crippen LogP contribution in [0.3, 0.4) is 0 Å². The molecule has 0 aromatic heterocycles. The van der Waals surface area contributed by atoms with E-state index in [4.69, 9.17) is 0 Å². The van der Waals surface area contributed by atoms with Crippen molar-refractivity contribution < 1.29 is 0 Å². The Morgan fingerprint density at radius 2 is 1.34 bits per heavy atom. The molecule has 2 aliphatic rings. The molecule has 0 amide bonds. The van der Waals surface area contributed by atoms with Gasteiger partial charge in [-0.3, -0.25) is 0 Å². The fourth-order valence-electron chi connectivity index (χ4n) is 5.73. The summed E-state index contributed by atoms with van der Waals surface area (Å²) in [6.45, 7) is 24.9. The Labute approximate surface area is 198 Å². The fourth-order valence-corrected chi connectivity index (χ4v) is 16.4. The van der Waals surface area contributed by atoms with Crippen LogP contribution in [-0.2, 0) is 17.3 Å². The van der Waals surface area contributed by atoms with Gasteiger partial charge in [-0.1, -0.05) is 128 Å². The molecule has 0 spiro atoms. The molecule has 2 aromatic rings. The molecule has 0 bridgehead atoms. The number of allylic oxidation sites excluding steroid dienone is 4. The Balaban J connectivity index is 1.94. The monoisotopic (exact) mass is 458 g/mol. The predicted molar refractivity (Wildman–Crippen MR) is 149 cm³/mol. The van der Waals surface area contributed by atoms with E-state index in [1.807, 2.05) is 0 Å². The second-order valence-electron chi connectivity index (χ2n) is 13.2. The van der Waals surface area contributed by atoms with Crippen LogP contribution in [0.2, 0.25) is 31.7 Å². The van der Waals surface area contributed by atoms with Crippen LogP contribution in [0.4, 0.5) is 0 Å². The minimum absolute atomic E-state index is 0.159. The summed E-state index contributed by atoms with van der Waals surface area (Å²) in [5.41, 5.74) is 10.2. The van der Waals surface area contributed by atoms with Gasteiger partial charge in [0.25, 0.3) is 0 Å². The van der Waals surface area contributed by atoms with Crippen LogP contribution in [0, 0.1) is 0 Å². The Hall–Kier alpha value is -1.65. The molecule has 0 atom stereocenters. The highest BCUT2D eigenvalue weighted by Gasteiger charge is 2.49. The lowest BCUT2D eigenvalue weighted by molar-refractivity contribution is 0.590. The molecule has 2 aromatic carbocycles. The number of fused-ring (bicyclic) bond motifs is 3. The van der Waals surface area contributed by atoms with Gasteiger partial charge in [0.15, 0.2) is 0 Å². The third-order valence-electron chi connectivity index (χ3n) is 8.57. The molecule has 170 valence electrons. The molecule has 0 saturated heterocycles. The Kier molecular flexibility index (Phi) is 5.46. The van der Waals surface area contributed by atoms with Gasteiger partial charge in [0.2, 0.25) is 0 Å². The van der Waals surface area contributed by atoms with Gasteiger partial charge in [0, 0.05) is 0 Å². The van der Waals surface area contributed by atoms with E-state index in [9.17, 15) is 0 Å². The van der Waals surface area contributed by atoms with E-state index in [1.54, 1.807) is 16.3 Å². The van der Waals surface area contributed by atoms with Crippen LogP contribution >= 0.6 is 0 Å². The Morgan fingerprint density at radius 3 is 1.91 bits per heavy atom. The lowest BCUT2D eigenvalue weighted by Crippen LogP contribution is -2.66. The molecule has 4 rings (SSSR count). The summed E-state index contributed by atoms with van der Waals surface area (Å²) in [4.78, 5) is 0. The van der Waals surface area contributed by atoms with Gasteiger partial charge in [-0.15, -0.1) is 0 Å². The molecule has 0 saturated carbocycles. The topological polar surface area (TPSA) is 0 Å². The van der Waals surface area contributed by atoms with Gasteiger partial charge in [-0.25, -0.2) is 0 Å². The summed E-state index contributed by atoms with van der Waals surface area (Å²) in [5, 5.41) is 1.78. The van der Waals surface area contributed by atoms with Gasteiger partial charge in [0.1, 0.15) is 0 Å². The molecule has 0 heterocycles. The molecule has 0 radical (unpaired) electrons. The third-order valence-corrected chi connectivity index (χ3v) is 27.1. The average Bonchev–Trinajstić information content (AvgIpc) is 3.33. The minimum atomic E-state index is -1.74. The summed E-state index contributed by atoms with van der Waals surface area (Å²) < 4.78 is 0. The van der Waals surface area contributed by atoms with Crippen LogP contribution in [0.25, 0.3) is 11.1 Å². The first kappa shape index (κ1) is 23.5. The standard InChI is InChI=1S/C30H42Si2/c1-29(2,3)22-15-16-24-21(19-22)20-26-25(24)17-18-27(30(4,5)6)28(26)32(9,10)31(7,8)23-13-11-12-14-23/h11-19,23H,20H2,1-10H3. The maximum absolute atomic E-state index is 2.69. The first-order chi connectivity index (χ1) is 14.7. The lowest BCUT2D eigenvalue weighted by Gasteiger charge is -2.45. The fraction of sp³-hybridized carbons (Fsp3) is 0.467. The zero-order chi connectivity index (χ0) is 23.7. The van der Waals surface area contributed by atoms with Crippen LogP contribution < -0.4 is 5.19 Å². The first-order valence-electron chi connectivity index (χ1n) is 12.3. The Bertz CT molecular complexity index is 1100. The van der Waals surface area contributed by atoms with Crippen molar-refractivity contribution in [3.8, 4) is 11.1 Å². The van der Waals surface area contributed by atoms with E-state index in [-0.39, 0.29) is 10.8 Å². The van der Waals surface area contributed by atoms with Gasteiger partial charge < -0.3 is 0 Å². The molecule has 2 aliphatic carbocycles. The van der Waals surface area contributed by atoms with Crippen molar-refractivity contribution in [2.45, 2.75) is 90.5 Å². The average molecular weight is 459 g/mol. The van der Waals surface area contributed by atoms with Crippen molar-refractivity contribution in [2.75, 3.05) is 0 Å². The van der Waals surface area contributed by atoms with Gasteiger partial charge >= 0.3 is 0 Å². The van der Waals surface area contributed by atoms with Gasteiger partial charge in [0.05, 0.1) is 15.2 Å². The van der Waals surface area contributed by atoms with E-state index in [0.717, 1.165) is 6.42 Å². The van der Waals surface area contributed by atoms with E-state index >= 15 is 0 Å². The summed E-state index contributed by atoms with van der Waals surface area (Å²) in [6, 6.07) is 12.2. The lowest BCUT2D eigenvalue weighted by atomic mass is 9.85. The van der Waals surface area contributed by atoms with Crippen molar-refractivity contribution in [1.82, 2.24) is 0 Å². The van der Waals surface area contributed by atoms with Crippen LogP contribution in [0.5, 0.6) is 0 Å². The van der Waals surface area contributed by atoms with Crippen molar-refractivity contribution >= 4 is 20.4 Å². The number of rotatable bonds is 3. The molecule has 32 heavy (non-hydrogen) atoms. The summed E-state index contributed by atoms with van der Waals surface area (Å²) >= 11 is 0. The second-order valence-corrected chi connectivity index (χ2v) is 28.7. The van der Waals surface area contributed by atoms with Crippen molar-refractivity contribution in [2.24, 2.45) is 0 Å². The zero-order valence-electron chi connectivity index (χ0n) is 22.0. The molecule has 2 heteroatoms. The number of hydrogen-bond acceptors (Lipinski definition) is 0. The smallest absolute Gasteiger partial charge is 0.0756 e. The van der Waals surface area contributed by atoms with Crippen LogP contribution in [0.1, 0.15) is 63.8 Å². The highest BCUT2D eigenvalue weighted by Crippen LogP contribution is 2.43. The molecular formula is C30H42Si2. The quantitative estimate of drug-likeness (QED) is 0.348. The Morgan fingerprint density at radius 1 is 0.750 bits per heavy atom. The van der Waals surface area contributed by atoms with E-state index in [2.05, 4.69) is 122 Å². The normalized spacial score (nSPS) is 16.6. The van der Waals surface area contributed by atoms with Crippen molar-refractivity contribution in [1.29, 1.82) is 0 Å².